The van der Waals surface area contributed by atoms with E-state index in [0.29, 0.717) is 12.4 Å². The van der Waals surface area contributed by atoms with E-state index in [1.165, 1.54) is 0 Å². The Hall–Kier alpha value is -3.09. The summed E-state index contributed by atoms with van der Waals surface area (Å²) in [5.41, 5.74) is 3.59. The molecule has 1 atom stereocenters. The van der Waals surface area contributed by atoms with Crippen LogP contribution in [-0.4, -0.2) is 37.5 Å². The number of nitrogens with zero attached hydrogens (tertiary/aromatic N) is 5. The molecule has 150 valence electrons. The molecule has 29 heavy (non-hydrogen) atoms. The molecule has 1 amide bonds. The van der Waals surface area contributed by atoms with Crippen molar-refractivity contribution in [2.75, 3.05) is 6.54 Å². The summed E-state index contributed by atoms with van der Waals surface area (Å²) in [4.78, 5) is 28.4. The summed E-state index contributed by atoms with van der Waals surface area (Å²) in [5, 5.41) is 4.05. The Balaban J connectivity index is 1.73. The molecule has 1 aliphatic heterocycles. The molecule has 0 bridgehead atoms. The Morgan fingerprint density at radius 1 is 1.24 bits per heavy atom. The number of amides is 1. The first kappa shape index (κ1) is 19.2. The molecule has 3 aromatic heterocycles. The van der Waals surface area contributed by atoms with Crippen molar-refractivity contribution < 1.29 is 9.32 Å². The van der Waals surface area contributed by atoms with Gasteiger partial charge in [0, 0.05) is 36.8 Å². The van der Waals surface area contributed by atoms with Gasteiger partial charge in [0.05, 0.1) is 17.4 Å². The van der Waals surface area contributed by atoms with Crippen LogP contribution in [0.4, 0.5) is 0 Å². The van der Waals surface area contributed by atoms with Crippen molar-refractivity contribution in [3.05, 3.63) is 59.8 Å². The van der Waals surface area contributed by atoms with Crippen LogP contribution in [0.3, 0.4) is 0 Å². The predicted octanol–water partition coefficient (Wildman–Crippen LogP) is 4.33. The van der Waals surface area contributed by atoms with Crippen molar-refractivity contribution in [3.8, 4) is 11.1 Å². The number of aromatic nitrogens is 4. The maximum atomic E-state index is 13.3. The van der Waals surface area contributed by atoms with Gasteiger partial charge >= 0.3 is 0 Å². The normalized spacial score (nSPS) is 17.0. The van der Waals surface area contributed by atoms with Crippen LogP contribution in [0.15, 0.2) is 41.3 Å². The third kappa shape index (κ3) is 3.90. The Morgan fingerprint density at radius 2 is 2.03 bits per heavy atom. The molecule has 0 spiro atoms. The van der Waals surface area contributed by atoms with E-state index in [1.807, 2.05) is 44.0 Å². The Morgan fingerprint density at radius 3 is 2.76 bits per heavy atom. The van der Waals surface area contributed by atoms with Crippen molar-refractivity contribution in [3.63, 3.8) is 0 Å². The average molecular weight is 391 g/mol. The van der Waals surface area contributed by atoms with Crippen LogP contribution in [0.5, 0.6) is 0 Å². The highest BCUT2D eigenvalue weighted by molar-refractivity contribution is 5.92. The van der Waals surface area contributed by atoms with Gasteiger partial charge in [-0.15, -0.1) is 0 Å². The largest absolute Gasteiger partial charge is 0.351 e. The van der Waals surface area contributed by atoms with E-state index >= 15 is 0 Å². The van der Waals surface area contributed by atoms with Gasteiger partial charge in [0.25, 0.3) is 5.91 Å². The fourth-order valence-electron chi connectivity index (χ4n) is 3.76. The third-order valence-electron chi connectivity index (χ3n) is 5.34. The summed E-state index contributed by atoms with van der Waals surface area (Å²) in [5.74, 6) is 1.06. The van der Waals surface area contributed by atoms with Gasteiger partial charge in [-0.2, -0.15) is 0 Å². The highest BCUT2D eigenvalue weighted by atomic mass is 16.5. The first-order valence-corrected chi connectivity index (χ1v) is 10.1. The number of carbonyl (C=O) groups is 1. The van der Waals surface area contributed by atoms with Gasteiger partial charge in [-0.25, -0.2) is 9.97 Å². The molecule has 7 heteroatoms. The molecule has 7 nitrogen and oxygen atoms in total. The molecular weight excluding hydrogens is 366 g/mol. The van der Waals surface area contributed by atoms with E-state index in [0.717, 1.165) is 41.8 Å². The first-order chi connectivity index (χ1) is 14.0. The second-order valence-corrected chi connectivity index (χ2v) is 7.73. The Kier molecular flexibility index (Phi) is 5.38. The molecule has 0 saturated carbocycles. The van der Waals surface area contributed by atoms with Crippen LogP contribution in [0.1, 0.15) is 72.8 Å². The molecule has 1 aliphatic rings. The van der Waals surface area contributed by atoms with Crippen LogP contribution in [0, 0.1) is 6.92 Å². The van der Waals surface area contributed by atoms with Crippen LogP contribution in [0.2, 0.25) is 0 Å². The van der Waals surface area contributed by atoms with Crippen molar-refractivity contribution in [2.45, 2.75) is 52.0 Å². The smallest absolute Gasteiger partial charge is 0.293 e. The highest BCUT2D eigenvalue weighted by Gasteiger charge is 2.33. The van der Waals surface area contributed by atoms with E-state index in [1.54, 1.807) is 18.5 Å². The predicted molar refractivity (Wildman–Crippen MR) is 108 cm³/mol. The monoisotopic (exact) mass is 391 g/mol. The van der Waals surface area contributed by atoms with E-state index in [2.05, 4.69) is 15.1 Å². The molecule has 1 fully saturated rings. The minimum absolute atomic E-state index is 0.131. The zero-order chi connectivity index (χ0) is 20.4. The topological polar surface area (TPSA) is 85.0 Å². The van der Waals surface area contributed by atoms with Gasteiger partial charge in [-0.05, 0) is 49.8 Å². The lowest BCUT2D eigenvalue weighted by Crippen LogP contribution is -2.39. The summed E-state index contributed by atoms with van der Waals surface area (Å²) < 4.78 is 5.38. The van der Waals surface area contributed by atoms with Gasteiger partial charge in [-0.1, -0.05) is 19.0 Å². The van der Waals surface area contributed by atoms with Crippen LogP contribution >= 0.6 is 0 Å². The number of aryl methyl sites for hydroxylation is 1. The molecule has 0 aliphatic carbocycles. The summed E-state index contributed by atoms with van der Waals surface area (Å²) in [6.45, 7) is 6.60. The maximum absolute atomic E-state index is 13.3. The zero-order valence-corrected chi connectivity index (χ0v) is 17.0. The average Bonchev–Trinajstić information content (AvgIpc) is 3.24. The number of carbonyl (C=O) groups excluding carboxylic acids is 1. The van der Waals surface area contributed by atoms with Gasteiger partial charge in [0.1, 0.15) is 5.82 Å². The number of pyridine rings is 1. The lowest BCUT2D eigenvalue weighted by atomic mass is 9.93. The van der Waals surface area contributed by atoms with Crippen LogP contribution in [-0.2, 0) is 0 Å². The minimum atomic E-state index is -0.133. The molecular formula is C22H25N5O2. The second kappa shape index (κ2) is 8.11. The van der Waals surface area contributed by atoms with Gasteiger partial charge in [0.15, 0.2) is 0 Å². The number of piperidine rings is 1. The summed E-state index contributed by atoms with van der Waals surface area (Å²) >= 11 is 0. The highest BCUT2D eigenvalue weighted by Crippen LogP contribution is 2.36. The molecule has 0 radical (unpaired) electrons. The number of likely N-dealkylation sites (tertiary alicyclic amines) is 1. The van der Waals surface area contributed by atoms with E-state index in [-0.39, 0.29) is 23.6 Å². The van der Waals surface area contributed by atoms with Crippen molar-refractivity contribution in [2.24, 2.45) is 0 Å². The minimum Gasteiger partial charge on any atom is -0.351 e. The van der Waals surface area contributed by atoms with E-state index in [9.17, 15) is 4.79 Å². The number of hydrogen-bond donors (Lipinski definition) is 0. The van der Waals surface area contributed by atoms with Gasteiger partial charge in [0.2, 0.25) is 5.76 Å². The maximum Gasteiger partial charge on any atom is 0.293 e. The molecule has 0 N–H and O–H groups in total. The van der Waals surface area contributed by atoms with Gasteiger partial charge < -0.3 is 9.42 Å². The third-order valence-corrected chi connectivity index (χ3v) is 5.34. The SMILES string of the molecule is Cc1ncc(-c2ccncc2)c([C@H]2CCCCN2C(=O)c2cc(C(C)C)no2)n1. The summed E-state index contributed by atoms with van der Waals surface area (Å²) in [6.07, 6.45) is 8.21. The van der Waals surface area contributed by atoms with Gasteiger partial charge in [-0.3, -0.25) is 9.78 Å². The molecule has 4 heterocycles. The van der Waals surface area contributed by atoms with Crippen molar-refractivity contribution in [1.82, 2.24) is 25.0 Å². The first-order valence-electron chi connectivity index (χ1n) is 10.1. The lowest BCUT2D eigenvalue weighted by Gasteiger charge is -2.35. The number of rotatable bonds is 4. The second-order valence-electron chi connectivity index (χ2n) is 7.73. The summed E-state index contributed by atoms with van der Waals surface area (Å²) in [6, 6.07) is 5.51. The Bertz CT molecular complexity index is 999. The fraction of sp³-hybridized carbons (Fsp3) is 0.409. The molecule has 3 aromatic rings. The van der Waals surface area contributed by atoms with Crippen LogP contribution < -0.4 is 0 Å². The summed E-state index contributed by atoms with van der Waals surface area (Å²) in [7, 11) is 0. The van der Waals surface area contributed by atoms with E-state index < -0.39 is 0 Å². The lowest BCUT2D eigenvalue weighted by molar-refractivity contribution is 0.0564. The standard InChI is InChI=1S/C22H25N5O2/c1-14(2)18-12-20(29-26-18)22(28)27-11-5-4-6-19(27)21-17(13-24-15(3)25-21)16-7-9-23-10-8-16/h7-10,12-14,19H,4-6,11H2,1-3H3/t19-/m1/s1. The molecule has 4 rings (SSSR count). The van der Waals surface area contributed by atoms with E-state index in [4.69, 9.17) is 9.51 Å². The van der Waals surface area contributed by atoms with Crippen molar-refractivity contribution in [1.29, 1.82) is 0 Å². The quantitative estimate of drug-likeness (QED) is 0.658. The number of hydrogen-bond acceptors (Lipinski definition) is 6. The zero-order valence-electron chi connectivity index (χ0n) is 17.0. The Labute approximate surface area is 170 Å². The molecule has 1 saturated heterocycles. The fourth-order valence-corrected chi connectivity index (χ4v) is 3.76. The van der Waals surface area contributed by atoms with Crippen molar-refractivity contribution >= 4 is 5.91 Å². The molecule has 0 aromatic carbocycles. The molecule has 0 unspecified atom stereocenters. The van der Waals surface area contributed by atoms with Crippen LogP contribution in [0.25, 0.3) is 11.1 Å².